The highest BCUT2D eigenvalue weighted by Crippen LogP contribution is 2.50. The van der Waals surface area contributed by atoms with E-state index in [1.54, 1.807) is 31.3 Å². The molecule has 1 aromatic heterocycles. The molecule has 0 fully saturated rings. The van der Waals surface area contributed by atoms with Gasteiger partial charge in [0.05, 0.1) is 37.5 Å². The highest BCUT2D eigenvalue weighted by molar-refractivity contribution is 8.01. The molecule has 5 rings (SSSR count). The number of hydrogen-bond acceptors (Lipinski definition) is 11. The molecule has 2 aromatic carbocycles. The lowest BCUT2D eigenvalue weighted by atomic mass is 9.69. The van der Waals surface area contributed by atoms with Gasteiger partial charge in [-0.1, -0.05) is 55.1 Å². The number of carbonyl (C=O) groups excluding carboxylic acids is 2. The van der Waals surface area contributed by atoms with Gasteiger partial charge in [-0.3, -0.25) is 14.5 Å². The van der Waals surface area contributed by atoms with Crippen LogP contribution in [0.5, 0.6) is 11.5 Å². The van der Waals surface area contributed by atoms with Crippen LogP contribution in [0.25, 0.3) is 0 Å². The van der Waals surface area contributed by atoms with Crippen LogP contribution in [0.3, 0.4) is 0 Å². The molecule has 2 aliphatic rings. The number of aromatic nitrogens is 2. The van der Waals surface area contributed by atoms with Gasteiger partial charge in [-0.2, -0.15) is 5.26 Å². The minimum Gasteiger partial charge on any atom is -0.493 e. The maximum Gasteiger partial charge on any atom is 0.230 e. The lowest BCUT2D eigenvalue weighted by Crippen LogP contribution is -2.42. The molecule has 0 radical (unpaired) electrons. The smallest absolute Gasteiger partial charge is 0.230 e. The first-order valence-corrected chi connectivity index (χ1v) is 16.0. The maximum absolute atomic E-state index is 13.8. The fourth-order valence-electron chi connectivity index (χ4n) is 5.63. The molecule has 234 valence electrons. The van der Waals surface area contributed by atoms with Gasteiger partial charge < -0.3 is 20.5 Å². The van der Waals surface area contributed by atoms with E-state index in [-0.39, 0.29) is 34.3 Å². The first kappa shape index (κ1) is 32.0. The number of ether oxygens (including phenoxy) is 2. The number of halogens is 1. The Labute approximate surface area is 269 Å². The van der Waals surface area contributed by atoms with Crippen molar-refractivity contribution >= 4 is 39.9 Å². The average molecular weight is 649 g/mol. The summed E-state index contributed by atoms with van der Waals surface area (Å²) in [5.74, 6) is 0.168. The summed E-state index contributed by atoms with van der Waals surface area (Å²) in [7, 11) is 3.16. The molecule has 13 heteroatoms. The molecule has 1 unspecified atom stereocenters. The van der Waals surface area contributed by atoms with Crippen LogP contribution in [-0.4, -0.2) is 48.4 Å². The number of methoxy groups -OCH3 is 2. The topological polar surface area (TPSA) is 143 Å². The van der Waals surface area contributed by atoms with Crippen molar-refractivity contribution in [1.82, 2.24) is 15.5 Å². The Morgan fingerprint density at radius 3 is 2.60 bits per heavy atom. The van der Waals surface area contributed by atoms with Crippen molar-refractivity contribution in [2.75, 3.05) is 31.4 Å². The van der Waals surface area contributed by atoms with E-state index in [9.17, 15) is 19.2 Å². The number of thioether (sulfide) groups is 1. The number of carbonyl (C=O) groups is 2. The number of ketones is 1. The Kier molecular flexibility index (Phi) is 9.45. The van der Waals surface area contributed by atoms with Gasteiger partial charge in [0.2, 0.25) is 11.0 Å². The lowest BCUT2D eigenvalue weighted by Gasteiger charge is -2.42. The minimum absolute atomic E-state index is 0.0929. The Morgan fingerprint density at radius 2 is 1.91 bits per heavy atom. The predicted octanol–water partition coefficient (Wildman–Crippen LogP) is 5.09. The number of benzene rings is 2. The minimum atomic E-state index is -0.713. The molecule has 45 heavy (non-hydrogen) atoms. The molecule has 1 aliphatic heterocycles. The van der Waals surface area contributed by atoms with Gasteiger partial charge in [0.1, 0.15) is 11.6 Å². The second kappa shape index (κ2) is 13.3. The number of nitrogens with zero attached hydrogens (tertiary/aromatic N) is 4. The van der Waals surface area contributed by atoms with Crippen LogP contribution in [0.2, 0.25) is 0 Å². The van der Waals surface area contributed by atoms with Crippen LogP contribution in [0.1, 0.15) is 43.7 Å². The average Bonchev–Trinajstić information content (AvgIpc) is 3.47. The van der Waals surface area contributed by atoms with Crippen molar-refractivity contribution in [1.29, 1.82) is 5.26 Å². The highest BCUT2D eigenvalue weighted by Gasteiger charge is 2.45. The largest absolute Gasteiger partial charge is 0.493 e. The summed E-state index contributed by atoms with van der Waals surface area (Å²) >= 11 is 2.46. The summed E-state index contributed by atoms with van der Waals surface area (Å²) in [6.45, 7) is 4.45. The summed E-state index contributed by atoms with van der Waals surface area (Å²) in [6.07, 6.45) is 1.43. The number of allylic oxidation sites excluding steroid dienone is 3. The lowest BCUT2D eigenvalue weighted by molar-refractivity contribution is -0.119. The predicted molar refractivity (Wildman–Crippen MR) is 170 cm³/mol. The number of nitriles is 1. The number of Topliss-reactive ketones (excluding diaryl/α,β-unsaturated/α-hetero) is 1. The molecule has 1 atom stereocenters. The third kappa shape index (κ3) is 6.82. The Morgan fingerprint density at radius 1 is 1.18 bits per heavy atom. The number of anilines is 1. The second-order valence-electron chi connectivity index (χ2n) is 11.5. The van der Waals surface area contributed by atoms with Crippen LogP contribution < -0.4 is 25.4 Å². The zero-order chi connectivity index (χ0) is 32.3. The molecule has 1 aliphatic carbocycles. The zero-order valence-electron chi connectivity index (χ0n) is 25.3. The second-order valence-corrected chi connectivity index (χ2v) is 13.6. The van der Waals surface area contributed by atoms with Crippen LogP contribution in [0.15, 0.2) is 69.5 Å². The van der Waals surface area contributed by atoms with Gasteiger partial charge >= 0.3 is 0 Å². The van der Waals surface area contributed by atoms with E-state index in [2.05, 4.69) is 21.6 Å². The van der Waals surface area contributed by atoms with Crippen molar-refractivity contribution in [3.05, 3.63) is 82.1 Å². The van der Waals surface area contributed by atoms with Crippen molar-refractivity contribution < 1.29 is 23.5 Å². The fraction of sp³-hybridized carbons (Fsp3) is 0.344. The molecular formula is C32H33FN6O4S2. The Hall–Kier alpha value is -4.41. The molecular weight excluding hydrogens is 616 g/mol. The van der Waals surface area contributed by atoms with Crippen molar-refractivity contribution in [2.24, 2.45) is 11.1 Å². The first-order valence-electron chi connectivity index (χ1n) is 14.2. The quantitative estimate of drug-likeness (QED) is 0.286. The van der Waals surface area contributed by atoms with Crippen LogP contribution in [0, 0.1) is 22.6 Å². The molecule has 0 spiro atoms. The normalized spacial score (nSPS) is 17.6. The van der Waals surface area contributed by atoms with Gasteiger partial charge in [0, 0.05) is 24.2 Å². The van der Waals surface area contributed by atoms with E-state index in [4.69, 9.17) is 15.2 Å². The number of nitrogens with one attached hydrogen (secondary N) is 1. The van der Waals surface area contributed by atoms with Crippen molar-refractivity contribution in [3.8, 4) is 17.6 Å². The molecule has 3 N–H and O–H groups in total. The molecule has 0 saturated heterocycles. The molecule has 2 heterocycles. The Bertz CT molecular complexity index is 1730. The van der Waals surface area contributed by atoms with Gasteiger partial charge in [0.15, 0.2) is 21.6 Å². The molecule has 10 nitrogen and oxygen atoms in total. The van der Waals surface area contributed by atoms with E-state index in [0.717, 1.165) is 5.56 Å². The maximum atomic E-state index is 13.8. The van der Waals surface area contributed by atoms with E-state index >= 15 is 0 Å². The Balaban J connectivity index is 1.32. The van der Waals surface area contributed by atoms with Crippen LogP contribution >= 0.6 is 23.1 Å². The molecule has 0 saturated carbocycles. The standard InChI is InChI=1S/C32H33FN6O4S2/c1-32(2)14-22-28(23(40)15-32)27(19-6-8-20(33)9-7-19)21(16-34)29(35)39(22)30-37-38-31(45-30)44-17-26(41)36-12-11-18-5-10-24(42-3)25(13-18)43-4/h5-10,13,27H,11-12,14-15,17,35H2,1-4H3,(H,36,41). The fourth-order valence-corrected chi connectivity index (χ4v) is 7.34. The van der Waals surface area contributed by atoms with Crippen molar-refractivity contribution in [2.45, 2.75) is 43.4 Å². The van der Waals surface area contributed by atoms with Gasteiger partial charge in [0.25, 0.3) is 0 Å². The van der Waals surface area contributed by atoms with Gasteiger partial charge in [-0.05, 0) is 53.6 Å². The zero-order valence-corrected chi connectivity index (χ0v) is 27.0. The monoisotopic (exact) mass is 648 g/mol. The number of amides is 1. The third-order valence-corrected chi connectivity index (χ3v) is 9.72. The third-order valence-electron chi connectivity index (χ3n) is 7.68. The van der Waals surface area contributed by atoms with Crippen LogP contribution in [0.4, 0.5) is 9.52 Å². The molecule has 3 aromatic rings. The summed E-state index contributed by atoms with van der Waals surface area (Å²) in [6, 6.07) is 13.6. The SMILES string of the molecule is COc1ccc(CCNC(=O)CSc2nnc(N3C(N)=C(C#N)C(c4ccc(F)cc4)C4=C3CC(C)(C)CC4=O)s2)cc1OC. The van der Waals surface area contributed by atoms with Crippen LogP contribution in [-0.2, 0) is 16.0 Å². The van der Waals surface area contributed by atoms with Gasteiger partial charge in [-0.15, -0.1) is 10.2 Å². The number of nitrogens with two attached hydrogens (primary N) is 1. The van der Waals surface area contributed by atoms with E-state index < -0.39 is 11.7 Å². The molecule has 1 amide bonds. The van der Waals surface area contributed by atoms with E-state index in [0.29, 0.717) is 63.6 Å². The summed E-state index contributed by atoms with van der Waals surface area (Å²) in [5.41, 5.74) is 9.21. The number of hydrogen-bond donors (Lipinski definition) is 2. The summed E-state index contributed by atoms with van der Waals surface area (Å²) in [5, 5.41) is 22.1. The first-order chi connectivity index (χ1) is 21.5. The van der Waals surface area contributed by atoms with E-state index in [1.807, 2.05) is 32.0 Å². The summed E-state index contributed by atoms with van der Waals surface area (Å²) in [4.78, 5) is 27.9. The number of rotatable bonds is 10. The van der Waals surface area contributed by atoms with Crippen molar-refractivity contribution in [3.63, 3.8) is 0 Å². The van der Waals surface area contributed by atoms with Gasteiger partial charge in [-0.25, -0.2) is 4.39 Å². The highest BCUT2D eigenvalue weighted by atomic mass is 32.2. The summed E-state index contributed by atoms with van der Waals surface area (Å²) < 4.78 is 24.9. The van der Waals surface area contributed by atoms with E-state index in [1.165, 1.54) is 35.2 Å². The molecule has 0 bridgehead atoms.